The molecule has 0 amide bonds. The van der Waals surface area contributed by atoms with E-state index in [-0.39, 0.29) is 5.78 Å². The van der Waals surface area contributed by atoms with Gasteiger partial charge < -0.3 is 4.90 Å². The highest BCUT2D eigenvalue weighted by Gasteiger charge is 2.08. The first-order valence-electron chi connectivity index (χ1n) is 6.76. The number of hydrogen-bond acceptors (Lipinski definition) is 2. The summed E-state index contributed by atoms with van der Waals surface area (Å²) in [5, 5.41) is 1.26. The average Bonchev–Trinajstić information content (AvgIpc) is 2.44. The molecule has 0 unspecified atom stereocenters. The lowest BCUT2D eigenvalue weighted by Gasteiger charge is -2.16. The maximum atomic E-state index is 12.0. The van der Waals surface area contributed by atoms with Gasteiger partial charge in [-0.05, 0) is 30.8 Å². The molecular weight excluding hydrogens is 305 g/mol. The molecular formula is C17H17Cl2NO. The number of nitrogens with zero attached hydrogens (tertiary/aromatic N) is 1. The third kappa shape index (κ3) is 5.16. The summed E-state index contributed by atoms with van der Waals surface area (Å²) in [6.07, 6.45) is 0.495. The molecule has 0 aliphatic rings. The van der Waals surface area contributed by atoms with E-state index < -0.39 is 0 Å². The fourth-order valence-electron chi connectivity index (χ4n) is 2.15. The molecule has 2 rings (SSSR count). The van der Waals surface area contributed by atoms with Crippen molar-refractivity contribution in [1.82, 2.24) is 4.90 Å². The summed E-state index contributed by atoms with van der Waals surface area (Å²) < 4.78 is 0. The van der Waals surface area contributed by atoms with Gasteiger partial charge in [-0.2, -0.15) is 0 Å². The zero-order chi connectivity index (χ0) is 15.2. The van der Waals surface area contributed by atoms with E-state index in [1.54, 1.807) is 6.07 Å². The van der Waals surface area contributed by atoms with Gasteiger partial charge in [0, 0.05) is 35.1 Å². The van der Waals surface area contributed by atoms with E-state index in [1.807, 2.05) is 49.5 Å². The Morgan fingerprint density at radius 1 is 1.05 bits per heavy atom. The molecule has 0 spiro atoms. The molecule has 0 saturated carbocycles. The van der Waals surface area contributed by atoms with Crippen molar-refractivity contribution in [3.05, 3.63) is 69.7 Å². The van der Waals surface area contributed by atoms with Crippen molar-refractivity contribution < 1.29 is 4.79 Å². The van der Waals surface area contributed by atoms with Crippen LogP contribution in [-0.4, -0.2) is 24.3 Å². The van der Waals surface area contributed by atoms with E-state index in [4.69, 9.17) is 23.2 Å². The van der Waals surface area contributed by atoms with Crippen LogP contribution in [-0.2, 0) is 6.54 Å². The van der Waals surface area contributed by atoms with Gasteiger partial charge in [-0.3, -0.25) is 4.79 Å². The quantitative estimate of drug-likeness (QED) is 0.719. The fourth-order valence-corrected chi connectivity index (χ4v) is 2.72. The summed E-state index contributed by atoms with van der Waals surface area (Å²) in [5.41, 5.74) is 1.80. The van der Waals surface area contributed by atoms with Crippen molar-refractivity contribution in [2.24, 2.45) is 0 Å². The van der Waals surface area contributed by atoms with Gasteiger partial charge in [-0.1, -0.05) is 53.5 Å². The summed E-state index contributed by atoms with van der Waals surface area (Å²) >= 11 is 12.0. The van der Waals surface area contributed by atoms with Crippen LogP contribution in [0.1, 0.15) is 22.3 Å². The Labute approximate surface area is 135 Å². The van der Waals surface area contributed by atoms with Gasteiger partial charge in [-0.15, -0.1) is 0 Å². The first-order valence-corrected chi connectivity index (χ1v) is 7.52. The van der Waals surface area contributed by atoms with E-state index in [0.717, 1.165) is 11.1 Å². The minimum Gasteiger partial charge on any atom is -0.302 e. The highest BCUT2D eigenvalue weighted by Crippen LogP contribution is 2.20. The highest BCUT2D eigenvalue weighted by molar-refractivity contribution is 6.34. The van der Waals surface area contributed by atoms with E-state index in [1.165, 1.54) is 0 Å². The second-order valence-corrected chi connectivity index (χ2v) is 5.93. The Morgan fingerprint density at radius 2 is 1.67 bits per heavy atom. The lowest BCUT2D eigenvalue weighted by atomic mass is 10.1. The Hall–Kier alpha value is -1.35. The number of carbonyl (C=O) groups is 1. The summed E-state index contributed by atoms with van der Waals surface area (Å²) in [5.74, 6) is 0.159. The number of Topliss-reactive ketones (excluding diaryl/α,β-unsaturated/α-hetero) is 1. The van der Waals surface area contributed by atoms with Crippen molar-refractivity contribution in [1.29, 1.82) is 0 Å². The Kier molecular flexibility index (Phi) is 5.80. The normalized spacial score (nSPS) is 10.9. The van der Waals surface area contributed by atoms with Gasteiger partial charge in [0.25, 0.3) is 0 Å². The molecule has 2 nitrogen and oxygen atoms in total. The number of hydrogen-bond donors (Lipinski definition) is 0. The van der Waals surface area contributed by atoms with Crippen molar-refractivity contribution in [2.75, 3.05) is 13.6 Å². The summed E-state index contributed by atoms with van der Waals surface area (Å²) in [6.45, 7) is 1.40. The summed E-state index contributed by atoms with van der Waals surface area (Å²) in [4.78, 5) is 14.1. The third-order valence-electron chi connectivity index (χ3n) is 3.19. The second-order valence-electron chi connectivity index (χ2n) is 5.05. The lowest BCUT2D eigenvalue weighted by molar-refractivity contribution is 0.0968. The van der Waals surface area contributed by atoms with Crippen LogP contribution in [0.5, 0.6) is 0 Å². The number of halogens is 2. The van der Waals surface area contributed by atoms with Crippen molar-refractivity contribution in [3.63, 3.8) is 0 Å². The van der Waals surface area contributed by atoms with Crippen LogP contribution in [0.2, 0.25) is 10.0 Å². The van der Waals surface area contributed by atoms with Crippen LogP contribution in [0.3, 0.4) is 0 Å². The maximum Gasteiger partial charge on any atom is 0.164 e. The maximum absolute atomic E-state index is 12.0. The molecule has 0 atom stereocenters. The van der Waals surface area contributed by atoms with Crippen LogP contribution >= 0.6 is 23.2 Å². The summed E-state index contributed by atoms with van der Waals surface area (Å²) in [6, 6.07) is 14.9. The van der Waals surface area contributed by atoms with Crippen LogP contribution in [0.25, 0.3) is 0 Å². The molecule has 0 aliphatic carbocycles. The standard InChI is InChI=1S/C17H17Cl2NO/c1-20(12-13-9-15(18)11-16(19)10-13)8-7-17(21)14-5-3-2-4-6-14/h2-6,9-11H,7-8,12H2,1H3. The Bertz CT molecular complexity index is 593. The van der Waals surface area contributed by atoms with E-state index in [0.29, 0.717) is 29.6 Å². The van der Waals surface area contributed by atoms with Gasteiger partial charge in [0.15, 0.2) is 5.78 Å². The number of rotatable bonds is 6. The largest absolute Gasteiger partial charge is 0.302 e. The molecule has 21 heavy (non-hydrogen) atoms. The predicted octanol–water partition coefficient (Wildman–Crippen LogP) is 4.70. The highest BCUT2D eigenvalue weighted by atomic mass is 35.5. The molecule has 0 heterocycles. The van der Waals surface area contributed by atoms with Crippen LogP contribution in [0.15, 0.2) is 48.5 Å². The topological polar surface area (TPSA) is 20.3 Å². The third-order valence-corrected chi connectivity index (χ3v) is 3.63. The van der Waals surface area contributed by atoms with E-state index in [2.05, 4.69) is 4.90 Å². The Balaban J connectivity index is 1.87. The predicted molar refractivity (Wildman–Crippen MR) is 88.2 cm³/mol. The molecule has 0 fully saturated rings. The summed E-state index contributed by atoms with van der Waals surface area (Å²) in [7, 11) is 1.98. The van der Waals surface area contributed by atoms with Crippen molar-refractivity contribution in [2.45, 2.75) is 13.0 Å². The first-order chi connectivity index (χ1) is 10.0. The zero-order valence-corrected chi connectivity index (χ0v) is 13.4. The number of ketones is 1. The van der Waals surface area contributed by atoms with Gasteiger partial charge in [0.1, 0.15) is 0 Å². The van der Waals surface area contributed by atoms with E-state index >= 15 is 0 Å². The molecule has 0 aromatic heterocycles. The average molecular weight is 322 g/mol. The number of carbonyl (C=O) groups excluding carboxylic acids is 1. The van der Waals surface area contributed by atoms with E-state index in [9.17, 15) is 4.79 Å². The zero-order valence-electron chi connectivity index (χ0n) is 11.9. The monoisotopic (exact) mass is 321 g/mol. The molecule has 110 valence electrons. The lowest BCUT2D eigenvalue weighted by Crippen LogP contribution is -2.21. The minimum atomic E-state index is 0.159. The fraction of sp³-hybridized carbons (Fsp3) is 0.235. The van der Waals surface area contributed by atoms with Gasteiger partial charge >= 0.3 is 0 Å². The van der Waals surface area contributed by atoms with Gasteiger partial charge in [0.05, 0.1) is 0 Å². The minimum absolute atomic E-state index is 0.159. The Morgan fingerprint density at radius 3 is 2.29 bits per heavy atom. The van der Waals surface area contributed by atoms with Crippen molar-refractivity contribution in [3.8, 4) is 0 Å². The SMILES string of the molecule is CN(CCC(=O)c1ccccc1)Cc1cc(Cl)cc(Cl)c1. The van der Waals surface area contributed by atoms with Crippen LogP contribution < -0.4 is 0 Å². The molecule has 2 aromatic carbocycles. The smallest absolute Gasteiger partial charge is 0.164 e. The molecule has 0 bridgehead atoms. The second kappa shape index (κ2) is 7.60. The molecule has 0 radical (unpaired) electrons. The molecule has 4 heteroatoms. The molecule has 0 N–H and O–H groups in total. The molecule has 2 aromatic rings. The van der Waals surface area contributed by atoms with Gasteiger partial charge in [0.2, 0.25) is 0 Å². The molecule has 0 aliphatic heterocycles. The molecule has 0 saturated heterocycles. The first kappa shape index (κ1) is 16.0. The van der Waals surface area contributed by atoms with Crippen LogP contribution in [0, 0.1) is 0 Å². The van der Waals surface area contributed by atoms with Gasteiger partial charge in [-0.25, -0.2) is 0 Å². The van der Waals surface area contributed by atoms with Crippen molar-refractivity contribution >= 4 is 29.0 Å². The van der Waals surface area contributed by atoms with Crippen LogP contribution in [0.4, 0.5) is 0 Å². The number of benzene rings is 2.